The molecule has 0 bridgehead atoms. The van der Waals surface area contributed by atoms with Gasteiger partial charge in [-0.1, -0.05) is 18.5 Å². The Morgan fingerprint density at radius 3 is 1.85 bits per heavy atom. The number of nitrogens with one attached hydrogen (secondary N) is 4. The van der Waals surface area contributed by atoms with E-state index in [2.05, 4.69) is 21.3 Å². The Morgan fingerprint density at radius 1 is 0.923 bits per heavy atom. The molecule has 1 atom stereocenters. The molecular formula is C19H21ClN4O2. The second-order valence-corrected chi connectivity index (χ2v) is 6.80. The van der Waals surface area contributed by atoms with Crippen molar-refractivity contribution in [2.75, 3.05) is 29.0 Å². The molecule has 0 aliphatic carbocycles. The zero-order chi connectivity index (χ0) is 18.5. The third kappa shape index (κ3) is 4.74. The van der Waals surface area contributed by atoms with Crippen LogP contribution < -0.4 is 21.3 Å². The second-order valence-electron chi connectivity index (χ2n) is 6.36. The van der Waals surface area contributed by atoms with Gasteiger partial charge in [-0.25, -0.2) is 4.79 Å². The van der Waals surface area contributed by atoms with Crippen molar-refractivity contribution in [3.63, 3.8) is 0 Å². The van der Waals surface area contributed by atoms with E-state index < -0.39 is 0 Å². The number of urea groups is 1. The highest BCUT2D eigenvalue weighted by molar-refractivity contribution is 6.30. The lowest BCUT2D eigenvalue weighted by Crippen LogP contribution is -2.48. The number of carbonyl (C=O) groups is 2. The first-order chi connectivity index (χ1) is 12.5. The summed E-state index contributed by atoms with van der Waals surface area (Å²) in [6.07, 6.45) is 0. The molecule has 1 fully saturated rings. The van der Waals surface area contributed by atoms with E-state index in [9.17, 15) is 9.59 Å². The Labute approximate surface area is 157 Å². The molecule has 0 radical (unpaired) electrons. The van der Waals surface area contributed by atoms with Gasteiger partial charge in [-0.15, -0.1) is 0 Å². The summed E-state index contributed by atoms with van der Waals surface area (Å²) >= 11 is 5.82. The molecule has 2 aromatic rings. The number of rotatable bonds is 5. The molecule has 136 valence electrons. The predicted molar refractivity (Wildman–Crippen MR) is 105 cm³/mol. The fourth-order valence-electron chi connectivity index (χ4n) is 2.60. The molecule has 1 aliphatic rings. The minimum Gasteiger partial charge on any atom is -0.326 e. The maximum atomic E-state index is 12.2. The molecule has 26 heavy (non-hydrogen) atoms. The first kappa shape index (κ1) is 18.2. The van der Waals surface area contributed by atoms with Crippen LogP contribution in [-0.2, 0) is 4.79 Å². The minimum absolute atomic E-state index is 0.0118. The van der Waals surface area contributed by atoms with Crippen LogP contribution in [-0.4, -0.2) is 25.0 Å². The van der Waals surface area contributed by atoms with Crippen LogP contribution >= 0.6 is 11.6 Å². The van der Waals surface area contributed by atoms with E-state index in [1.807, 2.05) is 6.92 Å². The van der Waals surface area contributed by atoms with Gasteiger partial charge in [-0.05, 0) is 67.5 Å². The molecule has 1 aliphatic heterocycles. The highest BCUT2D eigenvalue weighted by atomic mass is 35.5. The fraction of sp³-hybridized carbons (Fsp3) is 0.263. The molecule has 1 unspecified atom stereocenters. The zero-order valence-corrected chi connectivity index (χ0v) is 15.1. The lowest BCUT2D eigenvalue weighted by Gasteiger charge is -2.31. The number of carbonyl (C=O) groups excluding carboxylic acids is 2. The van der Waals surface area contributed by atoms with E-state index in [1.54, 1.807) is 48.5 Å². The van der Waals surface area contributed by atoms with E-state index >= 15 is 0 Å². The van der Waals surface area contributed by atoms with Crippen LogP contribution in [0.1, 0.15) is 6.92 Å². The summed E-state index contributed by atoms with van der Waals surface area (Å²) in [5, 5.41) is 12.2. The third-order valence-corrected chi connectivity index (χ3v) is 4.70. The molecule has 6 nitrogen and oxygen atoms in total. The summed E-state index contributed by atoms with van der Waals surface area (Å²) in [6.45, 7) is 3.72. The van der Waals surface area contributed by atoms with Gasteiger partial charge in [0.15, 0.2) is 0 Å². The second kappa shape index (κ2) is 8.21. The monoisotopic (exact) mass is 372 g/mol. The minimum atomic E-state index is -0.352. The number of hydrogen-bond acceptors (Lipinski definition) is 3. The Balaban J connectivity index is 1.51. The maximum Gasteiger partial charge on any atom is 0.323 e. The Hall–Kier alpha value is -2.57. The van der Waals surface area contributed by atoms with Gasteiger partial charge < -0.3 is 21.3 Å². The molecule has 0 saturated carbocycles. The smallest absolute Gasteiger partial charge is 0.323 e. The van der Waals surface area contributed by atoms with Gasteiger partial charge in [0, 0.05) is 28.0 Å². The van der Waals surface area contributed by atoms with Crippen molar-refractivity contribution in [3.05, 3.63) is 53.6 Å². The number of halogens is 1. The average Bonchev–Trinajstić information content (AvgIpc) is 2.57. The largest absolute Gasteiger partial charge is 0.326 e. The Bertz CT molecular complexity index is 773. The number of anilines is 3. The quantitative estimate of drug-likeness (QED) is 0.644. The molecule has 1 saturated heterocycles. The number of hydrogen-bond donors (Lipinski definition) is 4. The van der Waals surface area contributed by atoms with E-state index in [0.717, 1.165) is 13.1 Å². The standard InChI is InChI=1S/C19H21ClN4O2/c1-12(13-10-21-11-13)18(25)22-15-6-8-17(9-7-15)24-19(26)23-16-4-2-14(20)3-5-16/h2-9,12-13,21H,10-11H2,1H3,(H,22,25)(H2,23,24,26). The van der Waals surface area contributed by atoms with Gasteiger partial charge in [0.25, 0.3) is 0 Å². The van der Waals surface area contributed by atoms with Crippen LogP contribution in [0.4, 0.5) is 21.9 Å². The van der Waals surface area contributed by atoms with Gasteiger partial charge in [0.05, 0.1) is 0 Å². The average molecular weight is 373 g/mol. The Kier molecular flexibility index (Phi) is 5.75. The topological polar surface area (TPSA) is 82.3 Å². The van der Waals surface area contributed by atoms with Crippen LogP contribution in [0.3, 0.4) is 0 Å². The molecule has 3 rings (SSSR count). The molecule has 0 aromatic heterocycles. The lowest BCUT2D eigenvalue weighted by molar-refractivity contribution is -0.121. The summed E-state index contributed by atoms with van der Waals surface area (Å²) in [6, 6.07) is 13.5. The summed E-state index contributed by atoms with van der Waals surface area (Å²) in [5.41, 5.74) is 1.98. The van der Waals surface area contributed by atoms with Crippen molar-refractivity contribution < 1.29 is 9.59 Å². The Morgan fingerprint density at radius 2 is 1.38 bits per heavy atom. The summed E-state index contributed by atoms with van der Waals surface area (Å²) < 4.78 is 0. The molecular weight excluding hydrogens is 352 g/mol. The van der Waals surface area contributed by atoms with Crippen molar-refractivity contribution in [1.29, 1.82) is 0 Å². The zero-order valence-electron chi connectivity index (χ0n) is 14.4. The maximum absolute atomic E-state index is 12.2. The van der Waals surface area contributed by atoms with Crippen LogP contribution in [0.5, 0.6) is 0 Å². The molecule has 4 N–H and O–H groups in total. The molecule has 2 aromatic carbocycles. The SMILES string of the molecule is CC(C(=O)Nc1ccc(NC(=O)Nc2ccc(Cl)cc2)cc1)C1CNC1. The van der Waals surface area contributed by atoms with Gasteiger partial charge in [-0.2, -0.15) is 0 Å². The predicted octanol–water partition coefficient (Wildman–Crippen LogP) is 3.78. The number of amides is 3. The molecule has 3 amide bonds. The molecule has 0 spiro atoms. The van der Waals surface area contributed by atoms with Gasteiger partial charge in [0.1, 0.15) is 0 Å². The third-order valence-electron chi connectivity index (χ3n) is 4.45. The normalized spacial score (nSPS) is 14.8. The fourth-order valence-corrected chi connectivity index (χ4v) is 2.72. The van der Waals surface area contributed by atoms with Crippen molar-refractivity contribution in [2.45, 2.75) is 6.92 Å². The van der Waals surface area contributed by atoms with Crippen molar-refractivity contribution >= 4 is 40.6 Å². The van der Waals surface area contributed by atoms with Crippen LogP contribution in [0.15, 0.2) is 48.5 Å². The first-order valence-electron chi connectivity index (χ1n) is 8.46. The van der Waals surface area contributed by atoms with E-state index in [1.165, 1.54) is 0 Å². The van der Waals surface area contributed by atoms with Gasteiger partial charge >= 0.3 is 6.03 Å². The van der Waals surface area contributed by atoms with E-state index in [-0.39, 0.29) is 17.9 Å². The van der Waals surface area contributed by atoms with E-state index in [0.29, 0.717) is 28.0 Å². The summed E-state index contributed by atoms with van der Waals surface area (Å²) in [7, 11) is 0. The molecule has 7 heteroatoms. The van der Waals surface area contributed by atoms with Gasteiger partial charge in [0.2, 0.25) is 5.91 Å². The highest BCUT2D eigenvalue weighted by Gasteiger charge is 2.28. The molecule has 1 heterocycles. The summed E-state index contributed by atoms with van der Waals surface area (Å²) in [5.74, 6) is 0.379. The van der Waals surface area contributed by atoms with Crippen LogP contribution in [0, 0.1) is 11.8 Å². The highest BCUT2D eigenvalue weighted by Crippen LogP contribution is 2.20. The van der Waals surface area contributed by atoms with Crippen molar-refractivity contribution in [1.82, 2.24) is 5.32 Å². The first-order valence-corrected chi connectivity index (χ1v) is 8.84. The van der Waals surface area contributed by atoms with E-state index in [4.69, 9.17) is 11.6 Å². The van der Waals surface area contributed by atoms with Crippen LogP contribution in [0.2, 0.25) is 5.02 Å². The van der Waals surface area contributed by atoms with Crippen molar-refractivity contribution in [3.8, 4) is 0 Å². The lowest BCUT2D eigenvalue weighted by atomic mass is 9.88. The van der Waals surface area contributed by atoms with Gasteiger partial charge in [-0.3, -0.25) is 4.79 Å². The van der Waals surface area contributed by atoms with Crippen LogP contribution in [0.25, 0.3) is 0 Å². The number of benzene rings is 2. The van der Waals surface area contributed by atoms with Crippen molar-refractivity contribution in [2.24, 2.45) is 11.8 Å². The summed E-state index contributed by atoms with van der Waals surface area (Å²) in [4.78, 5) is 24.2.